The maximum atomic E-state index is 13.2. The van der Waals surface area contributed by atoms with Crippen LogP contribution in [0.4, 0.5) is 20.2 Å². The summed E-state index contributed by atoms with van der Waals surface area (Å²) >= 11 is 0. The lowest BCUT2D eigenvalue weighted by atomic mass is 9.95. The van der Waals surface area contributed by atoms with E-state index in [1.165, 1.54) is 7.11 Å². The summed E-state index contributed by atoms with van der Waals surface area (Å²) in [7, 11) is 2.89. The Kier molecular flexibility index (Phi) is 8.24. The lowest BCUT2D eigenvalue weighted by Gasteiger charge is -2.36. The molecule has 1 heterocycles. The average molecular weight is 386 g/mol. The molecular weight excluding hydrogens is 358 g/mol. The molecule has 0 spiro atoms. The van der Waals surface area contributed by atoms with Crippen LogP contribution >= 0.6 is 0 Å². The van der Waals surface area contributed by atoms with Crippen LogP contribution in [0, 0.1) is 0 Å². The van der Waals surface area contributed by atoms with Crippen LogP contribution in [0.1, 0.15) is 30.7 Å². The molecule has 1 aliphatic heterocycles. The standard InChI is InChI=1S/C19H28F2N2O4/c1-25-12-14(10-19(24)26-2)13-3-4-17(16(22)9-13)23(11-18(20)21)15-5-7-27-8-6-15/h3-4,9,14-15,18H,5-8,10-12,22H2,1-2H3. The Morgan fingerprint density at radius 1 is 1.33 bits per heavy atom. The third-order valence-corrected chi connectivity index (χ3v) is 4.81. The van der Waals surface area contributed by atoms with Gasteiger partial charge in [0, 0.05) is 32.3 Å². The summed E-state index contributed by atoms with van der Waals surface area (Å²) in [6.45, 7) is 1.06. The second kappa shape index (κ2) is 10.4. The van der Waals surface area contributed by atoms with Crippen LogP contribution in [0.3, 0.4) is 0 Å². The van der Waals surface area contributed by atoms with Crippen molar-refractivity contribution in [2.45, 2.75) is 37.6 Å². The number of methoxy groups -OCH3 is 2. The molecule has 0 aliphatic carbocycles. The van der Waals surface area contributed by atoms with Crippen molar-refractivity contribution in [2.24, 2.45) is 0 Å². The highest BCUT2D eigenvalue weighted by Crippen LogP contribution is 2.33. The maximum absolute atomic E-state index is 13.2. The van der Waals surface area contributed by atoms with E-state index in [1.54, 1.807) is 24.1 Å². The Hall–Kier alpha value is -1.93. The van der Waals surface area contributed by atoms with Crippen molar-refractivity contribution in [3.63, 3.8) is 0 Å². The lowest BCUT2D eigenvalue weighted by molar-refractivity contribution is -0.141. The third-order valence-electron chi connectivity index (χ3n) is 4.81. The van der Waals surface area contributed by atoms with Gasteiger partial charge >= 0.3 is 5.97 Å². The number of carbonyl (C=O) groups is 1. The summed E-state index contributed by atoms with van der Waals surface area (Å²) in [5, 5.41) is 0. The SMILES string of the molecule is COCC(CC(=O)OC)c1ccc(N(CC(F)F)C2CCOCC2)c(N)c1. The van der Waals surface area contributed by atoms with Crippen molar-refractivity contribution in [3.05, 3.63) is 23.8 Å². The number of hydrogen-bond acceptors (Lipinski definition) is 6. The van der Waals surface area contributed by atoms with Gasteiger partial charge in [0.05, 0.1) is 38.1 Å². The summed E-state index contributed by atoms with van der Waals surface area (Å²) in [5.74, 6) is -0.563. The molecule has 6 nitrogen and oxygen atoms in total. The molecule has 152 valence electrons. The Morgan fingerprint density at radius 3 is 2.59 bits per heavy atom. The minimum Gasteiger partial charge on any atom is -0.469 e. The Bertz CT molecular complexity index is 609. The summed E-state index contributed by atoms with van der Waals surface area (Å²) in [6.07, 6.45) is -0.943. The first kappa shape index (κ1) is 21.4. The number of ether oxygens (including phenoxy) is 3. The van der Waals surface area contributed by atoms with Gasteiger partial charge in [0.1, 0.15) is 0 Å². The van der Waals surface area contributed by atoms with Crippen LogP contribution in [-0.2, 0) is 19.0 Å². The second-order valence-corrected chi connectivity index (χ2v) is 6.64. The number of hydrogen-bond donors (Lipinski definition) is 1. The Morgan fingerprint density at radius 2 is 2.04 bits per heavy atom. The molecule has 1 atom stereocenters. The zero-order valence-electron chi connectivity index (χ0n) is 15.8. The number of nitrogens with two attached hydrogens (primary N) is 1. The average Bonchev–Trinajstić information content (AvgIpc) is 2.66. The summed E-state index contributed by atoms with van der Waals surface area (Å²) in [4.78, 5) is 13.3. The predicted octanol–water partition coefficient (Wildman–Crippen LogP) is 2.81. The summed E-state index contributed by atoms with van der Waals surface area (Å²) in [5.41, 5.74) is 8.03. The number of rotatable bonds is 9. The molecule has 1 unspecified atom stereocenters. The molecule has 1 aliphatic rings. The molecule has 0 aromatic heterocycles. The van der Waals surface area contributed by atoms with Gasteiger partial charge in [0.2, 0.25) is 0 Å². The first-order valence-electron chi connectivity index (χ1n) is 9.04. The quantitative estimate of drug-likeness (QED) is 0.520. The Labute approximate surface area is 158 Å². The number of halogens is 2. The number of benzene rings is 1. The molecule has 1 aromatic carbocycles. The van der Waals surface area contributed by atoms with E-state index in [1.807, 2.05) is 6.07 Å². The first-order chi connectivity index (χ1) is 13.0. The largest absolute Gasteiger partial charge is 0.469 e. The normalized spacial score (nSPS) is 16.3. The van der Waals surface area contributed by atoms with Crippen molar-refractivity contribution in [1.82, 2.24) is 0 Å². The minimum absolute atomic E-state index is 0.0364. The number of nitrogen functional groups attached to an aromatic ring is 1. The fourth-order valence-electron chi connectivity index (χ4n) is 3.44. The Balaban J connectivity index is 2.26. The van der Waals surface area contributed by atoms with Gasteiger partial charge in [-0.25, -0.2) is 8.78 Å². The van der Waals surface area contributed by atoms with E-state index in [4.69, 9.17) is 19.9 Å². The van der Waals surface area contributed by atoms with Gasteiger partial charge in [-0.15, -0.1) is 0 Å². The number of carbonyl (C=O) groups excluding carboxylic acids is 1. The summed E-state index contributed by atoms with van der Waals surface area (Å²) in [6, 6.07) is 5.27. The zero-order valence-corrected chi connectivity index (χ0v) is 15.8. The molecular formula is C19H28F2N2O4. The van der Waals surface area contributed by atoms with Gasteiger partial charge in [-0.2, -0.15) is 0 Å². The van der Waals surface area contributed by atoms with E-state index in [2.05, 4.69) is 0 Å². The monoisotopic (exact) mass is 386 g/mol. The molecule has 1 saturated heterocycles. The predicted molar refractivity (Wildman–Crippen MR) is 99.3 cm³/mol. The molecule has 2 N–H and O–H groups in total. The fourth-order valence-corrected chi connectivity index (χ4v) is 3.44. The van der Waals surface area contributed by atoms with Gasteiger partial charge in [0.25, 0.3) is 6.43 Å². The van der Waals surface area contributed by atoms with Gasteiger partial charge < -0.3 is 24.8 Å². The molecule has 0 amide bonds. The molecule has 1 fully saturated rings. The third kappa shape index (κ3) is 6.04. The van der Waals surface area contributed by atoms with E-state index < -0.39 is 6.43 Å². The minimum atomic E-state index is -2.47. The topological polar surface area (TPSA) is 74.0 Å². The van der Waals surface area contributed by atoms with Crippen LogP contribution in [0.2, 0.25) is 0 Å². The van der Waals surface area contributed by atoms with E-state index in [0.717, 1.165) is 5.56 Å². The van der Waals surface area contributed by atoms with Gasteiger partial charge in [-0.3, -0.25) is 4.79 Å². The van der Waals surface area contributed by atoms with Crippen LogP contribution in [0.5, 0.6) is 0 Å². The number of anilines is 2. The van der Waals surface area contributed by atoms with Crippen LogP contribution in [-0.4, -0.2) is 59.0 Å². The van der Waals surface area contributed by atoms with Crippen molar-refractivity contribution in [3.8, 4) is 0 Å². The molecule has 0 saturated carbocycles. The smallest absolute Gasteiger partial charge is 0.306 e. The van der Waals surface area contributed by atoms with Gasteiger partial charge in [-0.05, 0) is 30.5 Å². The van der Waals surface area contributed by atoms with Crippen molar-refractivity contribution in [1.29, 1.82) is 0 Å². The van der Waals surface area contributed by atoms with Crippen LogP contribution < -0.4 is 10.6 Å². The van der Waals surface area contributed by atoms with Gasteiger partial charge in [-0.1, -0.05) is 6.07 Å². The van der Waals surface area contributed by atoms with Crippen molar-refractivity contribution in [2.75, 3.05) is 51.2 Å². The van der Waals surface area contributed by atoms with Gasteiger partial charge in [0.15, 0.2) is 0 Å². The number of esters is 1. The highest BCUT2D eigenvalue weighted by Gasteiger charge is 2.26. The van der Waals surface area contributed by atoms with Crippen LogP contribution in [0.25, 0.3) is 0 Å². The number of nitrogens with zero attached hydrogens (tertiary/aromatic N) is 1. The second-order valence-electron chi connectivity index (χ2n) is 6.64. The number of alkyl halides is 2. The highest BCUT2D eigenvalue weighted by atomic mass is 19.3. The highest BCUT2D eigenvalue weighted by molar-refractivity contribution is 5.72. The zero-order chi connectivity index (χ0) is 19.8. The fraction of sp³-hybridized carbons (Fsp3) is 0.632. The molecule has 2 rings (SSSR count). The molecule has 0 radical (unpaired) electrons. The first-order valence-corrected chi connectivity index (χ1v) is 9.04. The summed E-state index contributed by atoms with van der Waals surface area (Å²) < 4.78 is 41.6. The van der Waals surface area contributed by atoms with Crippen molar-refractivity contribution >= 4 is 17.3 Å². The van der Waals surface area contributed by atoms with E-state index >= 15 is 0 Å². The molecule has 0 bridgehead atoms. The van der Waals surface area contributed by atoms with Crippen molar-refractivity contribution < 1.29 is 27.8 Å². The molecule has 27 heavy (non-hydrogen) atoms. The lowest BCUT2D eigenvalue weighted by Crippen LogP contribution is -2.42. The van der Waals surface area contributed by atoms with Crippen LogP contribution in [0.15, 0.2) is 18.2 Å². The van der Waals surface area contributed by atoms with E-state index in [0.29, 0.717) is 44.0 Å². The van der Waals surface area contributed by atoms with E-state index in [9.17, 15) is 13.6 Å². The molecule has 1 aromatic rings. The maximum Gasteiger partial charge on any atom is 0.306 e. The molecule has 8 heteroatoms. The van der Waals surface area contributed by atoms with E-state index in [-0.39, 0.29) is 30.9 Å².